The van der Waals surface area contributed by atoms with Crippen molar-refractivity contribution in [2.24, 2.45) is 5.92 Å². The van der Waals surface area contributed by atoms with Crippen molar-refractivity contribution in [3.05, 3.63) is 71.4 Å². The molecule has 8 heteroatoms. The van der Waals surface area contributed by atoms with Gasteiger partial charge in [0.2, 0.25) is 5.91 Å². The Morgan fingerprint density at radius 2 is 1.86 bits per heavy atom. The van der Waals surface area contributed by atoms with Gasteiger partial charge in [0.25, 0.3) is 5.91 Å². The predicted molar refractivity (Wildman–Crippen MR) is 106 cm³/mol. The molecule has 1 aliphatic rings. The Bertz CT molecular complexity index is 1040. The van der Waals surface area contributed by atoms with E-state index in [1.54, 1.807) is 56.3 Å². The lowest BCUT2D eigenvalue weighted by Gasteiger charge is -2.32. The van der Waals surface area contributed by atoms with Crippen LogP contribution in [-0.2, 0) is 9.59 Å². The van der Waals surface area contributed by atoms with Gasteiger partial charge in [0, 0.05) is 11.4 Å². The van der Waals surface area contributed by atoms with Gasteiger partial charge in [-0.05, 0) is 43.7 Å². The van der Waals surface area contributed by atoms with Crippen LogP contribution in [-0.4, -0.2) is 28.9 Å². The van der Waals surface area contributed by atoms with Gasteiger partial charge in [-0.2, -0.15) is 0 Å². The molecule has 148 valence electrons. The second-order valence-electron chi connectivity index (χ2n) is 6.44. The number of hydrogen-bond donors (Lipinski definition) is 3. The molecule has 0 bridgehead atoms. The largest absolute Gasteiger partial charge is 0.478 e. The highest BCUT2D eigenvalue weighted by atomic mass is 16.4. The average Bonchev–Trinajstić information content (AvgIpc) is 2.68. The van der Waals surface area contributed by atoms with E-state index in [4.69, 9.17) is 5.11 Å². The molecule has 0 aromatic heterocycles. The Morgan fingerprint density at radius 3 is 2.52 bits per heavy atom. The van der Waals surface area contributed by atoms with Crippen molar-refractivity contribution < 1.29 is 24.3 Å². The fourth-order valence-corrected chi connectivity index (χ4v) is 3.10. The molecule has 0 spiro atoms. The highest BCUT2D eigenvalue weighted by Crippen LogP contribution is 2.28. The molecule has 4 amide bonds. The monoisotopic (exact) mass is 393 g/mol. The Hall–Kier alpha value is -3.94. The Balaban J connectivity index is 1.95. The number of aryl methyl sites for hydroxylation is 1. The number of urea groups is 1. The molecule has 3 N–H and O–H groups in total. The third kappa shape index (κ3) is 3.86. The molecule has 0 radical (unpaired) electrons. The second-order valence-corrected chi connectivity index (χ2v) is 6.44. The number of nitrogens with zero attached hydrogens (tertiary/aromatic N) is 1. The number of carbonyl (C=O) groups excluding carboxylic acids is 3. The lowest BCUT2D eigenvalue weighted by molar-refractivity contribution is -0.132. The van der Waals surface area contributed by atoms with Crippen LogP contribution < -0.4 is 15.5 Å². The highest BCUT2D eigenvalue weighted by molar-refractivity contribution is 6.29. The number of nitrogens with one attached hydrogen (secondary N) is 2. The van der Waals surface area contributed by atoms with Crippen LogP contribution in [0.1, 0.15) is 22.8 Å². The molecule has 3 rings (SSSR count). The van der Waals surface area contributed by atoms with Crippen molar-refractivity contribution >= 4 is 35.2 Å². The first-order chi connectivity index (χ1) is 13.8. The zero-order valence-corrected chi connectivity index (χ0v) is 15.8. The number of carboxylic acid groups (broad SMARTS) is 1. The molecular weight excluding hydrogens is 374 g/mol. The summed E-state index contributed by atoms with van der Waals surface area (Å²) in [6, 6.07) is 12.0. The van der Waals surface area contributed by atoms with Gasteiger partial charge in [-0.15, -0.1) is 0 Å². The smallest absolute Gasteiger partial charge is 0.335 e. The average molecular weight is 393 g/mol. The first-order valence-corrected chi connectivity index (χ1v) is 8.84. The van der Waals surface area contributed by atoms with Crippen molar-refractivity contribution in [2.75, 3.05) is 10.2 Å². The third-order valence-corrected chi connectivity index (χ3v) is 4.54. The van der Waals surface area contributed by atoms with E-state index in [9.17, 15) is 19.2 Å². The number of anilines is 2. The van der Waals surface area contributed by atoms with Gasteiger partial charge in [-0.1, -0.05) is 30.3 Å². The molecule has 1 aliphatic heterocycles. The van der Waals surface area contributed by atoms with Crippen molar-refractivity contribution in [3.8, 4) is 0 Å². The number of allylic oxidation sites excluding steroid dienone is 1. The SMILES string of the molecule is C/C=C(/Nc1cccc(C(=O)O)c1)[C@H]1C(=O)NC(=O)N(c2ccccc2C)C1=O. The normalized spacial score (nSPS) is 17.2. The van der Waals surface area contributed by atoms with E-state index < -0.39 is 29.7 Å². The number of barbiturate groups is 1. The minimum absolute atomic E-state index is 0.0570. The van der Waals surface area contributed by atoms with E-state index in [2.05, 4.69) is 10.6 Å². The van der Waals surface area contributed by atoms with E-state index in [-0.39, 0.29) is 11.3 Å². The number of carbonyl (C=O) groups is 4. The first-order valence-electron chi connectivity index (χ1n) is 8.84. The zero-order chi connectivity index (χ0) is 21.1. The maximum absolute atomic E-state index is 13.1. The quantitative estimate of drug-likeness (QED) is 0.673. The van der Waals surface area contributed by atoms with Crippen LogP contribution in [0, 0.1) is 12.8 Å². The Kier molecular flexibility index (Phi) is 5.45. The summed E-state index contributed by atoms with van der Waals surface area (Å²) >= 11 is 0. The van der Waals surface area contributed by atoms with E-state index in [1.165, 1.54) is 12.1 Å². The summed E-state index contributed by atoms with van der Waals surface area (Å²) in [5.41, 5.74) is 1.78. The van der Waals surface area contributed by atoms with Gasteiger partial charge < -0.3 is 10.4 Å². The lowest BCUT2D eigenvalue weighted by Crippen LogP contribution is -2.59. The van der Waals surface area contributed by atoms with Crippen LogP contribution in [0.2, 0.25) is 0 Å². The van der Waals surface area contributed by atoms with E-state index in [0.29, 0.717) is 16.9 Å². The van der Waals surface area contributed by atoms with E-state index >= 15 is 0 Å². The molecule has 0 unspecified atom stereocenters. The van der Waals surface area contributed by atoms with Crippen molar-refractivity contribution in [2.45, 2.75) is 13.8 Å². The summed E-state index contributed by atoms with van der Waals surface area (Å²) in [6.07, 6.45) is 1.54. The maximum atomic E-state index is 13.1. The number of benzene rings is 2. The number of rotatable bonds is 5. The third-order valence-electron chi connectivity index (χ3n) is 4.54. The van der Waals surface area contributed by atoms with Crippen LogP contribution in [0.5, 0.6) is 0 Å². The van der Waals surface area contributed by atoms with Crippen molar-refractivity contribution in [3.63, 3.8) is 0 Å². The number of imide groups is 2. The van der Waals surface area contributed by atoms with Crippen molar-refractivity contribution in [1.82, 2.24) is 5.32 Å². The first kappa shape index (κ1) is 19.8. The number of aromatic carboxylic acids is 1. The number of amides is 4. The van der Waals surface area contributed by atoms with Crippen molar-refractivity contribution in [1.29, 1.82) is 0 Å². The van der Waals surface area contributed by atoms with E-state index in [0.717, 1.165) is 4.90 Å². The van der Waals surface area contributed by atoms with Gasteiger partial charge in [0.1, 0.15) is 0 Å². The fraction of sp³-hybridized carbons (Fsp3) is 0.143. The highest BCUT2D eigenvalue weighted by Gasteiger charge is 2.43. The minimum Gasteiger partial charge on any atom is -0.478 e. The van der Waals surface area contributed by atoms with Gasteiger partial charge in [-0.3, -0.25) is 14.9 Å². The molecule has 0 aliphatic carbocycles. The maximum Gasteiger partial charge on any atom is 0.335 e. The summed E-state index contributed by atoms with van der Waals surface area (Å²) in [4.78, 5) is 50.1. The number of carboxylic acids is 1. The summed E-state index contributed by atoms with van der Waals surface area (Å²) < 4.78 is 0. The molecule has 29 heavy (non-hydrogen) atoms. The predicted octanol–water partition coefficient (Wildman–Crippen LogP) is 2.91. The molecule has 1 heterocycles. The van der Waals surface area contributed by atoms with Gasteiger partial charge >= 0.3 is 12.0 Å². The molecule has 1 atom stereocenters. The number of para-hydroxylation sites is 1. The van der Waals surface area contributed by atoms with Crippen LogP contribution in [0.3, 0.4) is 0 Å². The molecule has 8 nitrogen and oxygen atoms in total. The molecule has 1 fully saturated rings. The zero-order valence-electron chi connectivity index (χ0n) is 15.8. The summed E-state index contributed by atoms with van der Waals surface area (Å²) in [7, 11) is 0. The van der Waals surface area contributed by atoms with Crippen LogP contribution in [0.25, 0.3) is 0 Å². The lowest BCUT2D eigenvalue weighted by atomic mass is 9.98. The van der Waals surface area contributed by atoms with Crippen LogP contribution in [0.15, 0.2) is 60.3 Å². The van der Waals surface area contributed by atoms with Crippen LogP contribution in [0.4, 0.5) is 16.2 Å². The topological polar surface area (TPSA) is 116 Å². The summed E-state index contributed by atoms with van der Waals surface area (Å²) in [5, 5.41) is 14.3. The minimum atomic E-state index is -1.29. The molecule has 2 aromatic rings. The summed E-state index contributed by atoms with van der Waals surface area (Å²) in [5.74, 6) is -3.83. The second kappa shape index (κ2) is 7.97. The Labute approximate surface area is 166 Å². The number of hydrogen-bond acceptors (Lipinski definition) is 5. The van der Waals surface area contributed by atoms with Gasteiger partial charge in [0.05, 0.1) is 11.3 Å². The van der Waals surface area contributed by atoms with E-state index in [1.807, 2.05) is 0 Å². The van der Waals surface area contributed by atoms with Gasteiger partial charge in [-0.25, -0.2) is 14.5 Å². The standard InChI is InChI=1S/C21H19N3O5/c1-3-15(22-14-9-6-8-13(11-14)20(27)28)17-18(25)23-21(29)24(19(17)26)16-10-5-4-7-12(16)2/h3-11,17,22H,1-2H3,(H,27,28)(H,23,25,29)/b15-3+/t17-/m0/s1. The Morgan fingerprint density at radius 1 is 1.14 bits per heavy atom. The fourth-order valence-electron chi connectivity index (χ4n) is 3.10. The summed E-state index contributed by atoms with van der Waals surface area (Å²) in [6.45, 7) is 3.39. The van der Waals surface area contributed by atoms with Gasteiger partial charge in [0.15, 0.2) is 5.92 Å². The molecule has 0 saturated carbocycles. The molecular formula is C21H19N3O5. The van der Waals surface area contributed by atoms with Crippen LogP contribution >= 0.6 is 0 Å². The molecule has 2 aromatic carbocycles. The molecule has 1 saturated heterocycles.